The molecule has 2 rings (SSSR count). The molecule has 3 unspecified atom stereocenters. The SMILES string of the molecule is O=C(O)C1CCCCC1C(O)c1cc(Br)ccc1Br. The maximum Gasteiger partial charge on any atom is 0.306 e. The minimum atomic E-state index is -0.796. The first-order valence-electron chi connectivity index (χ1n) is 6.36. The van der Waals surface area contributed by atoms with Gasteiger partial charge in [-0.1, -0.05) is 44.7 Å². The van der Waals surface area contributed by atoms with Gasteiger partial charge in [0, 0.05) is 14.9 Å². The lowest BCUT2D eigenvalue weighted by Crippen LogP contribution is -2.31. The van der Waals surface area contributed by atoms with E-state index in [1.165, 1.54) is 0 Å². The standard InChI is InChI=1S/C14H16Br2O3/c15-8-5-6-12(16)11(7-8)13(17)9-3-1-2-4-10(9)14(18)19/h5-7,9-10,13,17H,1-4H2,(H,18,19). The number of hydrogen-bond acceptors (Lipinski definition) is 2. The van der Waals surface area contributed by atoms with Gasteiger partial charge < -0.3 is 10.2 Å². The molecule has 5 heteroatoms. The van der Waals surface area contributed by atoms with Crippen LogP contribution in [-0.4, -0.2) is 16.2 Å². The molecule has 19 heavy (non-hydrogen) atoms. The van der Waals surface area contributed by atoms with Gasteiger partial charge >= 0.3 is 5.97 Å². The van der Waals surface area contributed by atoms with E-state index in [4.69, 9.17) is 0 Å². The van der Waals surface area contributed by atoms with Crippen molar-refractivity contribution >= 4 is 37.8 Å². The Morgan fingerprint density at radius 2 is 1.95 bits per heavy atom. The molecule has 1 fully saturated rings. The fourth-order valence-corrected chi connectivity index (χ4v) is 3.68. The number of benzene rings is 1. The van der Waals surface area contributed by atoms with E-state index in [2.05, 4.69) is 31.9 Å². The molecule has 0 aromatic heterocycles. The second kappa shape index (κ2) is 6.37. The zero-order chi connectivity index (χ0) is 14.0. The number of aliphatic carboxylic acids is 1. The van der Waals surface area contributed by atoms with Crippen molar-refractivity contribution in [1.29, 1.82) is 0 Å². The number of carboxylic acid groups (broad SMARTS) is 1. The van der Waals surface area contributed by atoms with E-state index < -0.39 is 18.0 Å². The van der Waals surface area contributed by atoms with Crippen molar-refractivity contribution in [2.45, 2.75) is 31.8 Å². The maximum atomic E-state index is 11.3. The highest BCUT2D eigenvalue weighted by atomic mass is 79.9. The van der Waals surface area contributed by atoms with Crippen LogP contribution in [-0.2, 0) is 4.79 Å². The maximum absolute atomic E-state index is 11.3. The monoisotopic (exact) mass is 390 g/mol. The Morgan fingerprint density at radius 3 is 2.63 bits per heavy atom. The number of aliphatic hydroxyl groups is 1. The van der Waals surface area contributed by atoms with Crippen LogP contribution in [0.1, 0.15) is 37.4 Å². The van der Waals surface area contributed by atoms with E-state index in [1.807, 2.05) is 18.2 Å². The lowest BCUT2D eigenvalue weighted by atomic mass is 9.74. The number of carboxylic acids is 1. The first-order chi connectivity index (χ1) is 9.00. The number of aliphatic hydroxyl groups excluding tert-OH is 1. The van der Waals surface area contributed by atoms with E-state index in [1.54, 1.807) is 0 Å². The largest absolute Gasteiger partial charge is 0.481 e. The van der Waals surface area contributed by atoms with Crippen molar-refractivity contribution < 1.29 is 15.0 Å². The van der Waals surface area contributed by atoms with E-state index in [-0.39, 0.29) is 5.92 Å². The van der Waals surface area contributed by atoms with E-state index >= 15 is 0 Å². The smallest absolute Gasteiger partial charge is 0.306 e. The van der Waals surface area contributed by atoms with Gasteiger partial charge in [-0.2, -0.15) is 0 Å². The minimum Gasteiger partial charge on any atom is -0.481 e. The minimum absolute atomic E-state index is 0.211. The predicted molar refractivity (Wildman–Crippen MR) is 79.9 cm³/mol. The zero-order valence-electron chi connectivity index (χ0n) is 10.4. The predicted octanol–water partition coefficient (Wildman–Crippen LogP) is 4.14. The van der Waals surface area contributed by atoms with Gasteiger partial charge in [0.25, 0.3) is 0 Å². The van der Waals surface area contributed by atoms with Crippen LogP contribution in [0.4, 0.5) is 0 Å². The van der Waals surface area contributed by atoms with Crippen LogP contribution in [0.5, 0.6) is 0 Å². The Balaban J connectivity index is 2.28. The van der Waals surface area contributed by atoms with Crippen LogP contribution in [0.2, 0.25) is 0 Å². The van der Waals surface area contributed by atoms with Crippen molar-refractivity contribution in [3.8, 4) is 0 Å². The highest BCUT2D eigenvalue weighted by Crippen LogP contribution is 2.41. The van der Waals surface area contributed by atoms with Gasteiger partial charge in [-0.05, 0) is 36.6 Å². The summed E-state index contributed by atoms with van der Waals surface area (Å²) in [4.78, 5) is 11.3. The van der Waals surface area contributed by atoms with Gasteiger partial charge in [-0.15, -0.1) is 0 Å². The van der Waals surface area contributed by atoms with Crippen molar-refractivity contribution in [2.24, 2.45) is 11.8 Å². The number of carbonyl (C=O) groups is 1. The van der Waals surface area contributed by atoms with Crippen LogP contribution >= 0.6 is 31.9 Å². The Kier molecular flexibility index (Phi) is 5.03. The first-order valence-corrected chi connectivity index (χ1v) is 7.95. The average molecular weight is 392 g/mol. The average Bonchev–Trinajstić information content (AvgIpc) is 2.40. The van der Waals surface area contributed by atoms with E-state index in [0.29, 0.717) is 6.42 Å². The van der Waals surface area contributed by atoms with Gasteiger partial charge in [-0.25, -0.2) is 0 Å². The molecule has 2 N–H and O–H groups in total. The molecular formula is C14H16Br2O3. The highest BCUT2D eigenvalue weighted by molar-refractivity contribution is 9.11. The highest BCUT2D eigenvalue weighted by Gasteiger charge is 2.36. The summed E-state index contributed by atoms with van der Waals surface area (Å²) >= 11 is 6.81. The van der Waals surface area contributed by atoms with Crippen molar-refractivity contribution in [2.75, 3.05) is 0 Å². The number of halogens is 2. The summed E-state index contributed by atoms with van der Waals surface area (Å²) in [7, 11) is 0. The summed E-state index contributed by atoms with van der Waals surface area (Å²) in [6.45, 7) is 0. The summed E-state index contributed by atoms with van der Waals surface area (Å²) in [5, 5.41) is 19.9. The van der Waals surface area contributed by atoms with Gasteiger partial charge in [0.15, 0.2) is 0 Å². The van der Waals surface area contributed by atoms with E-state index in [0.717, 1.165) is 33.8 Å². The Morgan fingerprint density at radius 1 is 1.26 bits per heavy atom. The summed E-state index contributed by atoms with van der Waals surface area (Å²) in [6, 6.07) is 5.60. The molecule has 0 saturated heterocycles. The second-order valence-corrected chi connectivity index (χ2v) is 6.77. The third kappa shape index (κ3) is 3.38. The molecule has 0 spiro atoms. The topological polar surface area (TPSA) is 57.5 Å². The summed E-state index contributed by atoms with van der Waals surface area (Å²) < 4.78 is 1.70. The van der Waals surface area contributed by atoms with Crippen LogP contribution < -0.4 is 0 Å². The van der Waals surface area contributed by atoms with Crippen LogP contribution in [0, 0.1) is 11.8 Å². The summed E-state index contributed by atoms with van der Waals surface area (Å²) in [6.07, 6.45) is 2.59. The molecule has 0 heterocycles. The molecule has 0 aliphatic heterocycles. The first kappa shape index (κ1) is 15.0. The van der Waals surface area contributed by atoms with Gasteiger partial charge in [0.1, 0.15) is 0 Å². The number of hydrogen-bond donors (Lipinski definition) is 2. The zero-order valence-corrected chi connectivity index (χ0v) is 13.5. The molecule has 1 aromatic rings. The molecule has 3 nitrogen and oxygen atoms in total. The van der Waals surface area contributed by atoms with Crippen LogP contribution in [0.25, 0.3) is 0 Å². The number of rotatable bonds is 3. The molecule has 0 radical (unpaired) electrons. The van der Waals surface area contributed by atoms with Crippen LogP contribution in [0.15, 0.2) is 27.1 Å². The molecule has 0 amide bonds. The molecule has 104 valence electrons. The van der Waals surface area contributed by atoms with Crippen LogP contribution in [0.3, 0.4) is 0 Å². The lowest BCUT2D eigenvalue weighted by Gasteiger charge is -2.32. The Hall–Kier alpha value is -0.390. The second-order valence-electron chi connectivity index (χ2n) is 5.00. The Bertz CT molecular complexity index is 476. The fourth-order valence-electron chi connectivity index (χ4n) is 2.82. The fraction of sp³-hybridized carbons (Fsp3) is 0.500. The molecule has 0 bridgehead atoms. The van der Waals surface area contributed by atoms with Gasteiger partial charge in [0.05, 0.1) is 12.0 Å². The molecule has 1 saturated carbocycles. The molecule has 1 aliphatic rings. The van der Waals surface area contributed by atoms with E-state index in [9.17, 15) is 15.0 Å². The summed E-state index contributed by atoms with van der Waals surface area (Å²) in [5.41, 5.74) is 0.757. The van der Waals surface area contributed by atoms with Gasteiger partial charge in [-0.3, -0.25) is 4.79 Å². The third-order valence-corrected chi connectivity index (χ3v) is 5.03. The molecule has 1 aromatic carbocycles. The molecule has 3 atom stereocenters. The van der Waals surface area contributed by atoms with Gasteiger partial charge in [0.2, 0.25) is 0 Å². The third-order valence-electron chi connectivity index (χ3n) is 3.82. The quantitative estimate of drug-likeness (QED) is 0.814. The molecular weight excluding hydrogens is 376 g/mol. The molecule has 1 aliphatic carbocycles. The summed E-state index contributed by atoms with van der Waals surface area (Å²) in [5.74, 6) is -1.46. The van der Waals surface area contributed by atoms with Crippen molar-refractivity contribution in [1.82, 2.24) is 0 Å². The normalized spacial score (nSPS) is 25.0. The van der Waals surface area contributed by atoms with Crippen molar-refractivity contribution in [3.05, 3.63) is 32.7 Å². The lowest BCUT2D eigenvalue weighted by molar-refractivity contribution is -0.147. The Labute approximate surface area is 129 Å². The van der Waals surface area contributed by atoms with Crippen molar-refractivity contribution in [3.63, 3.8) is 0 Å².